The molecule has 2 atom stereocenters. The van der Waals surface area contributed by atoms with Gasteiger partial charge in [0.15, 0.2) is 0 Å². The van der Waals surface area contributed by atoms with E-state index in [-0.39, 0.29) is 0 Å². The Labute approximate surface area is 57.6 Å². The van der Waals surface area contributed by atoms with E-state index in [1.165, 1.54) is 0 Å². The first kappa shape index (κ1) is 4.95. The van der Waals surface area contributed by atoms with Crippen molar-refractivity contribution in [2.45, 2.75) is 10.5 Å². The van der Waals surface area contributed by atoms with Gasteiger partial charge in [0.1, 0.15) is 0 Å². The summed E-state index contributed by atoms with van der Waals surface area (Å²) in [4.78, 5) is 0. The summed E-state index contributed by atoms with van der Waals surface area (Å²) in [6, 6.07) is 0. The van der Waals surface area contributed by atoms with Crippen LogP contribution in [0.1, 0.15) is 0 Å². The molecule has 1 fully saturated rings. The number of hydrogen-bond donors (Lipinski definition) is 0. The quantitative estimate of drug-likeness (QED) is 0.470. The van der Waals surface area contributed by atoms with E-state index >= 15 is 0 Å². The number of fused-ring (bicyclic) bond motifs is 1. The van der Waals surface area contributed by atoms with Gasteiger partial charge in [-0.15, -0.1) is 11.8 Å². The molecule has 0 amide bonds. The van der Waals surface area contributed by atoms with Gasteiger partial charge in [-0.05, 0) is 6.08 Å². The molecule has 0 spiro atoms. The van der Waals surface area contributed by atoms with Gasteiger partial charge in [0.05, 0.1) is 5.25 Å². The molecule has 2 rings (SSSR count). The summed E-state index contributed by atoms with van der Waals surface area (Å²) in [5.74, 6) is 0. The molecule has 0 saturated carbocycles. The van der Waals surface area contributed by atoms with Crippen LogP contribution in [-0.2, 0) is 0 Å². The second-order valence-electron chi connectivity index (χ2n) is 1.96. The highest BCUT2D eigenvalue weighted by atomic mass is 35.5. The van der Waals surface area contributed by atoms with Crippen LogP contribution in [0.15, 0.2) is 23.3 Å². The lowest BCUT2D eigenvalue weighted by Gasteiger charge is -1.93. The minimum atomic E-state index is 0.627. The molecule has 1 saturated heterocycles. The van der Waals surface area contributed by atoms with Gasteiger partial charge in [-0.1, -0.05) is 23.8 Å². The van der Waals surface area contributed by atoms with E-state index in [0.29, 0.717) is 10.5 Å². The van der Waals surface area contributed by atoms with E-state index in [0.717, 1.165) is 5.03 Å². The first-order valence-electron chi connectivity index (χ1n) is 2.57. The molecule has 2 aliphatic rings. The average molecular weight is 145 g/mol. The highest BCUT2D eigenvalue weighted by Crippen LogP contribution is 2.49. The fourth-order valence-corrected chi connectivity index (χ4v) is 2.16. The molecule has 42 valence electrons. The summed E-state index contributed by atoms with van der Waals surface area (Å²) in [7, 11) is 0. The van der Waals surface area contributed by atoms with Gasteiger partial charge in [0.2, 0.25) is 0 Å². The number of hydrogen-bond acceptors (Lipinski definition) is 1. The van der Waals surface area contributed by atoms with Crippen molar-refractivity contribution in [2.24, 2.45) is 0 Å². The van der Waals surface area contributed by atoms with Gasteiger partial charge in [-0.3, -0.25) is 0 Å². The first-order valence-corrected chi connectivity index (χ1v) is 3.89. The van der Waals surface area contributed by atoms with Gasteiger partial charge >= 0.3 is 0 Å². The van der Waals surface area contributed by atoms with Crippen molar-refractivity contribution in [1.29, 1.82) is 0 Å². The Morgan fingerprint density at radius 1 is 1.62 bits per heavy atom. The molecule has 2 heteroatoms. The third-order valence-corrected chi connectivity index (χ3v) is 3.11. The van der Waals surface area contributed by atoms with E-state index in [9.17, 15) is 0 Å². The SMILES string of the molecule is ClC1=CC=CC2SC12. The van der Waals surface area contributed by atoms with Crippen molar-refractivity contribution in [1.82, 2.24) is 0 Å². The van der Waals surface area contributed by atoms with Crippen LogP contribution in [0.5, 0.6) is 0 Å². The predicted octanol–water partition coefficient (Wildman–Crippen LogP) is 2.16. The number of halogens is 1. The number of rotatable bonds is 0. The van der Waals surface area contributed by atoms with Crippen molar-refractivity contribution in [2.75, 3.05) is 0 Å². The maximum Gasteiger partial charge on any atom is 0.0565 e. The lowest BCUT2D eigenvalue weighted by Crippen LogP contribution is -1.92. The molecule has 0 aromatic carbocycles. The molecule has 0 bridgehead atoms. The maximum absolute atomic E-state index is 5.80. The fourth-order valence-electron chi connectivity index (χ4n) is 0.844. The Morgan fingerprint density at radius 2 is 2.50 bits per heavy atom. The maximum atomic E-state index is 5.80. The zero-order valence-corrected chi connectivity index (χ0v) is 5.75. The van der Waals surface area contributed by atoms with E-state index in [1.54, 1.807) is 0 Å². The number of thioether (sulfide) groups is 1. The first-order chi connectivity index (χ1) is 3.88. The van der Waals surface area contributed by atoms with Crippen LogP contribution in [-0.4, -0.2) is 10.5 Å². The minimum absolute atomic E-state index is 0.627. The average Bonchev–Trinajstić information content (AvgIpc) is 2.45. The van der Waals surface area contributed by atoms with Gasteiger partial charge in [-0.25, -0.2) is 0 Å². The van der Waals surface area contributed by atoms with Crippen LogP contribution in [0.3, 0.4) is 0 Å². The molecule has 0 aromatic heterocycles. The largest absolute Gasteiger partial charge is 0.142 e. The van der Waals surface area contributed by atoms with Crippen molar-refractivity contribution in [3.63, 3.8) is 0 Å². The normalized spacial score (nSPS) is 40.9. The monoisotopic (exact) mass is 144 g/mol. The Kier molecular flexibility index (Phi) is 0.958. The molecular weight excluding hydrogens is 140 g/mol. The molecule has 0 radical (unpaired) electrons. The van der Waals surface area contributed by atoms with E-state index < -0.39 is 0 Å². The molecular formula is C6H5ClS. The molecule has 0 aromatic rings. The molecule has 1 heterocycles. The second kappa shape index (κ2) is 1.55. The Balaban J connectivity index is 2.30. The second-order valence-corrected chi connectivity index (χ2v) is 3.72. The molecule has 0 nitrogen and oxygen atoms in total. The summed E-state index contributed by atoms with van der Waals surface area (Å²) >= 11 is 7.72. The minimum Gasteiger partial charge on any atom is -0.142 e. The van der Waals surface area contributed by atoms with Crippen LogP contribution in [0, 0.1) is 0 Å². The molecule has 1 aliphatic heterocycles. The number of allylic oxidation sites excluding steroid dienone is 2. The Bertz CT molecular complexity index is 171. The summed E-state index contributed by atoms with van der Waals surface area (Å²) in [6.45, 7) is 0. The molecule has 1 aliphatic carbocycles. The Hall–Kier alpha value is 0.120. The zero-order valence-electron chi connectivity index (χ0n) is 4.17. The van der Waals surface area contributed by atoms with E-state index in [4.69, 9.17) is 11.6 Å². The van der Waals surface area contributed by atoms with Crippen LogP contribution in [0.4, 0.5) is 0 Å². The van der Waals surface area contributed by atoms with Crippen molar-refractivity contribution in [3.05, 3.63) is 23.3 Å². The predicted molar refractivity (Wildman–Crippen MR) is 38.2 cm³/mol. The summed E-state index contributed by atoms with van der Waals surface area (Å²) in [6.07, 6.45) is 6.20. The van der Waals surface area contributed by atoms with Crippen molar-refractivity contribution in [3.8, 4) is 0 Å². The molecule has 2 unspecified atom stereocenters. The summed E-state index contributed by atoms with van der Waals surface area (Å²) in [5, 5.41) is 2.36. The molecule has 0 N–H and O–H groups in total. The van der Waals surface area contributed by atoms with Crippen LogP contribution >= 0.6 is 23.4 Å². The topological polar surface area (TPSA) is 0 Å². The molecule has 8 heavy (non-hydrogen) atoms. The van der Waals surface area contributed by atoms with Crippen molar-refractivity contribution < 1.29 is 0 Å². The fraction of sp³-hybridized carbons (Fsp3) is 0.333. The van der Waals surface area contributed by atoms with E-state index in [1.807, 2.05) is 23.9 Å². The lowest BCUT2D eigenvalue weighted by molar-refractivity contribution is 1.19. The van der Waals surface area contributed by atoms with Crippen molar-refractivity contribution >= 4 is 23.4 Å². The highest BCUT2D eigenvalue weighted by Gasteiger charge is 2.39. The van der Waals surface area contributed by atoms with Gasteiger partial charge in [0, 0.05) is 10.3 Å². The smallest absolute Gasteiger partial charge is 0.0565 e. The lowest BCUT2D eigenvalue weighted by atomic mass is 10.2. The van der Waals surface area contributed by atoms with E-state index in [2.05, 4.69) is 6.08 Å². The zero-order chi connectivity index (χ0) is 5.56. The third-order valence-electron chi connectivity index (χ3n) is 1.35. The summed E-state index contributed by atoms with van der Waals surface area (Å²) in [5.41, 5.74) is 0. The Morgan fingerprint density at radius 3 is 3.12 bits per heavy atom. The van der Waals surface area contributed by atoms with Crippen LogP contribution in [0.25, 0.3) is 0 Å². The standard InChI is InChI=1S/C6H5ClS/c7-4-2-1-3-5-6(4)8-5/h1-3,5-6H. The highest BCUT2D eigenvalue weighted by molar-refractivity contribution is 8.08. The van der Waals surface area contributed by atoms with Crippen LogP contribution in [0.2, 0.25) is 0 Å². The van der Waals surface area contributed by atoms with Gasteiger partial charge in [-0.2, -0.15) is 0 Å². The third kappa shape index (κ3) is 0.617. The van der Waals surface area contributed by atoms with Crippen LogP contribution < -0.4 is 0 Å². The van der Waals surface area contributed by atoms with Gasteiger partial charge in [0.25, 0.3) is 0 Å². The van der Waals surface area contributed by atoms with Gasteiger partial charge < -0.3 is 0 Å². The summed E-state index contributed by atoms with van der Waals surface area (Å²) < 4.78 is 0.